The van der Waals surface area contributed by atoms with Crippen LogP contribution in [0.15, 0.2) is 70.5 Å². The molecule has 0 heterocycles. The van der Waals surface area contributed by atoms with Crippen molar-refractivity contribution < 1.29 is 4.39 Å². The quantitative estimate of drug-likeness (QED) is 0.470. The number of rotatable bonds is 5. The second-order valence-corrected chi connectivity index (χ2v) is 6.23. The fourth-order valence-corrected chi connectivity index (χ4v) is 3.37. The third kappa shape index (κ3) is 4.21. The van der Waals surface area contributed by atoms with Gasteiger partial charge in [-0.1, -0.05) is 48.2 Å². The van der Waals surface area contributed by atoms with Gasteiger partial charge in [-0.15, -0.1) is 11.8 Å². The van der Waals surface area contributed by atoms with Crippen molar-refractivity contribution in [1.29, 1.82) is 10.8 Å². The van der Waals surface area contributed by atoms with Crippen molar-refractivity contribution in [2.24, 2.45) is 0 Å². The summed E-state index contributed by atoms with van der Waals surface area (Å²) >= 11 is 2.36. The molecule has 0 aliphatic rings. The molecule has 1 atom stereocenters. The smallest absolute Gasteiger partial charge is 0.201 e. The van der Waals surface area contributed by atoms with E-state index in [9.17, 15) is 4.39 Å². The molecule has 0 aliphatic heterocycles. The number of halogens is 1. The Labute approximate surface area is 125 Å². The van der Waals surface area contributed by atoms with Crippen LogP contribution in [0.4, 0.5) is 4.39 Å². The molecule has 2 aromatic carbocycles. The summed E-state index contributed by atoms with van der Waals surface area (Å²) in [5, 5.41) is 14.5. The van der Waals surface area contributed by atoms with Gasteiger partial charge in [-0.2, -0.15) is 4.39 Å². The zero-order chi connectivity index (χ0) is 14.4. The maximum Gasteiger partial charge on any atom is 0.201 e. The van der Waals surface area contributed by atoms with Crippen molar-refractivity contribution in [3.8, 4) is 0 Å². The first-order valence-electron chi connectivity index (χ1n) is 5.94. The van der Waals surface area contributed by atoms with Crippen LogP contribution >= 0.6 is 23.5 Å². The summed E-state index contributed by atoms with van der Waals surface area (Å²) in [7, 11) is 0. The van der Waals surface area contributed by atoms with Crippen LogP contribution in [0.2, 0.25) is 0 Å². The maximum atomic E-state index is 13.4. The average Bonchev–Trinajstić information content (AvgIpc) is 2.46. The molecule has 0 aromatic heterocycles. The van der Waals surface area contributed by atoms with Crippen molar-refractivity contribution in [2.75, 3.05) is 0 Å². The van der Waals surface area contributed by atoms with Gasteiger partial charge < -0.3 is 0 Å². The van der Waals surface area contributed by atoms with Crippen LogP contribution in [-0.2, 0) is 0 Å². The molecule has 2 N–H and O–H groups in total. The van der Waals surface area contributed by atoms with E-state index in [2.05, 4.69) is 0 Å². The summed E-state index contributed by atoms with van der Waals surface area (Å²) in [5.41, 5.74) is 0. The highest BCUT2D eigenvalue weighted by atomic mass is 32.2. The van der Waals surface area contributed by atoms with Crippen LogP contribution in [0.3, 0.4) is 0 Å². The second-order valence-electron chi connectivity index (χ2n) is 3.94. The normalized spacial score (nSPS) is 11.8. The van der Waals surface area contributed by atoms with E-state index in [1.807, 2.05) is 60.7 Å². The highest BCUT2D eigenvalue weighted by molar-refractivity contribution is 8.16. The van der Waals surface area contributed by atoms with Crippen molar-refractivity contribution in [1.82, 2.24) is 0 Å². The van der Waals surface area contributed by atoms with Gasteiger partial charge in [0.1, 0.15) is 5.25 Å². The third-order valence-corrected chi connectivity index (χ3v) is 4.77. The van der Waals surface area contributed by atoms with Crippen LogP contribution < -0.4 is 0 Å². The van der Waals surface area contributed by atoms with Crippen molar-refractivity contribution >= 4 is 34.5 Å². The molecular weight excluding hydrogens is 291 g/mol. The lowest BCUT2D eigenvalue weighted by atomic mass is 10.4. The molecule has 0 fully saturated rings. The van der Waals surface area contributed by atoms with Gasteiger partial charge in [0, 0.05) is 9.79 Å². The summed E-state index contributed by atoms with van der Waals surface area (Å²) < 4.78 is 13.4. The number of nitrogens with one attached hydrogen (secondary N) is 2. The molecule has 102 valence electrons. The molecule has 0 aliphatic carbocycles. The van der Waals surface area contributed by atoms with E-state index in [4.69, 9.17) is 10.8 Å². The number of hydrogen-bond donors (Lipinski definition) is 2. The van der Waals surface area contributed by atoms with Crippen molar-refractivity contribution in [3.05, 3.63) is 60.7 Å². The highest BCUT2D eigenvalue weighted by Gasteiger charge is 2.22. The zero-order valence-corrected chi connectivity index (χ0v) is 12.2. The summed E-state index contributed by atoms with van der Waals surface area (Å²) in [6.45, 7) is 0. The first-order chi connectivity index (χ1) is 9.66. The standard InChI is InChI=1S/C15H13FN2S2/c16-14(17)13(19-11-7-3-1-4-8-11)15(18)20-12-9-5-2-6-10-12/h1-10,13,17-18H. The Hall–Kier alpha value is -1.59. The van der Waals surface area contributed by atoms with E-state index in [1.165, 1.54) is 23.5 Å². The maximum absolute atomic E-state index is 13.4. The lowest BCUT2D eigenvalue weighted by molar-refractivity contribution is 0.781. The molecule has 0 bridgehead atoms. The molecule has 2 rings (SSSR count). The van der Waals surface area contributed by atoms with E-state index in [0.29, 0.717) is 0 Å². The van der Waals surface area contributed by atoms with Crippen LogP contribution in [0.5, 0.6) is 0 Å². The molecule has 1 unspecified atom stereocenters. The van der Waals surface area contributed by atoms with Crippen molar-refractivity contribution in [3.63, 3.8) is 0 Å². The lowest BCUT2D eigenvalue weighted by Crippen LogP contribution is -2.20. The monoisotopic (exact) mass is 304 g/mol. The second kappa shape index (κ2) is 7.26. The molecule has 0 radical (unpaired) electrons. The molecule has 20 heavy (non-hydrogen) atoms. The van der Waals surface area contributed by atoms with E-state index >= 15 is 0 Å². The molecule has 0 amide bonds. The minimum Gasteiger partial charge on any atom is -0.296 e. The Morgan fingerprint density at radius 2 is 1.35 bits per heavy atom. The van der Waals surface area contributed by atoms with Gasteiger partial charge in [0.05, 0.1) is 5.04 Å². The summed E-state index contributed by atoms with van der Waals surface area (Å²) in [5.74, 6) is -0.993. The fraction of sp³-hybridized carbons (Fsp3) is 0.0667. The van der Waals surface area contributed by atoms with Crippen LogP contribution in [0.1, 0.15) is 0 Å². The predicted octanol–water partition coefficient (Wildman–Crippen LogP) is 4.86. The average molecular weight is 304 g/mol. The molecule has 2 aromatic rings. The molecule has 5 heteroatoms. The predicted molar refractivity (Wildman–Crippen MR) is 84.9 cm³/mol. The summed E-state index contributed by atoms with van der Waals surface area (Å²) in [6, 6.07) is 18.7. The third-order valence-electron chi connectivity index (χ3n) is 2.44. The minimum atomic E-state index is -0.993. The topological polar surface area (TPSA) is 47.7 Å². The summed E-state index contributed by atoms with van der Waals surface area (Å²) in [4.78, 5) is 1.72. The van der Waals surface area contributed by atoms with Crippen molar-refractivity contribution in [2.45, 2.75) is 15.0 Å². The van der Waals surface area contributed by atoms with Gasteiger partial charge in [-0.25, -0.2) is 0 Å². The van der Waals surface area contributed by atoms with E-state index < -0.39 is 11.2 Å². The van der Waals surface area contributed by atoms with E-state index in [1.54, 1.807) is 0 Å². The molecule has 0 saturated carbocycles. The SMILES string of the molecule is N=C(F)C(Sc1ccccc1)C(=N)Sc1ccccc1. The molecule has 2 nitrogen and oxygen atoms in total. The number of hydrogen-bond acceptors (Lipinski definition) is 4. The number of benzene rings is 2. The molecule has 0 spiro atoms. The Bertz CT molecular complexity index is 587. The van der Waals surface area contributed by atoms with Gasteiger partial charge in [-0.3, -0.25) is 10.8 Å². The fourth-order valence-electron chi connectivity index (χ4n) is 1.52. The number of thioether (sulfide) groups is 2. The minimum absolute atomic E-state index is 0.123. The van der Waals surface area contributed by atoms with Gasteiger partial charge in [0.15, 0.2) is 0 Å². The Morgan fingerprint density at radius 1 is 0.850 bits per heavy atom. The van der Waals surface area contributed by atoms with Gasteiger partial charge in [0.25, 0.3) is 0 Å². The van der Waals surface area contributed by atoms with Crippen LogP contribution in [0, 0.1) is 10.8 Å². The van der Waals surface area contributed by atoms with Gasteiger partial charge in [-0.05, 0) is 24.3 Å². The largest absolute Gasteiger partial charge is 0.296 e. The van der Waals surface area contributed by atoms with E-state index in [0.717, 1.165) is 9.79 Å². The zero-order valence-electron chi connectivity index (χ0n) is 10.5. The molecular formula is C15H13FN2S2. The van der Waals surface area contributed by atoms with Crippen LogP contribution in [-0.4, -0.2) is 16.3 Å². The summed E-state index contributed by atoms with van der Waals surface area (Å²) in [6.07, 6.45) is 0. The Balaban J connectivity index is 2.09. The van der Waals surface area contributed by atoms with E-state index in [-0.39, 0.29) is 5.04 Å². The lowest BCUT2D eigenvalue weighted by Gasteiger charge is -2.14. The van der Waals surface area contributed by atoms with Gasteiger partial charge >= 0.3 is 0 Å². The molecule has 0 saturated heterocycles. The first-order valence-corrected chi connectivity index (χ1v) is 7.63. The van der Waals surface area contributed by atoms with Crippen LogP contribution in [0.25, 0.3) is 0 Å². The highest BCUT2D eigenvalue weighted by Crippen LogP contribution is 2.30. The first kappa shape index (κ1) is 14.8. The Kier molecular flexibility index (Phi) is 5.38. The van der Waals surface area contributed by atoms with Gasteiger partial charge in [0.2, 0.25) is 5.97 Å². The Morgan fingerprint density at radius 3 is 1.85 bits per heavy atom.